The summed E-state index contributed by atoms with van der Waals surface area (Å²) in [6, 6.07) is 15.4. The highest BCUT2D eigenvalue weighted by Gasteiger charge is 2.09. The van der Waals surface area contributed by atoms with Gasteiger partial charge in [-0.05, 0) is 40.8 Å². The zero-order valence-electron chi connectivity index (χ0n) is 13.2. The number of nitrogens with one attached hydrogen (secondary N) is 1. The standard InChI is InChI=1S/C17H14N8/c1-2-4-14(5-3-1)25-16(22-23-24-25)12-20-17-19-11-8-15(21-17)13-6-9-18-10-7-13/h1-11H,12H2,(H,19,20,21). The summed E-state index contributed by atoms with van der Waals surface area (Å²) in [5, 5.41) is 15.0. The summed E-state index contributed by atoms with van der Waals surface area (Å²) < 4.78 is 1.68. The second kappa shape index (κ2) is 6.83. The van der Waals surface area contributed by atoms with Crippen LogP contribution < -0.4 is 5.32 Å². The van der Waals surface area contributed by atoms with E-state index < -0.39 is 0 Å². The summed E-state index contributed by atoms with van der Waals surface area (Å²) in [6.45, 7) is 0.404. The molecule has 4 aromatic rings. The van der Waals surface area contributed by atoms with Crippen molar-refractivity contribution in [2.24, 2.45) is 0 Å². The van der Waals surface area contributed by atoms with Crippen LogP contribution in [-0.4, -0.2) is 35.2 Å². The van der Waals surface area contributed by atoms with E-state index >= 15 is 0 Å². The number of nitrogens with zero attached hydrogens (tertiary/aromatic N) is 7. The van der Waals surface area contributed by atoms with Gasteiger partial charge < -0.3 is 5.32 Å². The largest absolute Gasteiger partial charge is 0.347 e. The van der Waals surface area contributed by atoms with Crippen molar-refractivity contribution in [3.8, 4) is 16.9 Å². The molecule has 0 amide bonds. The van der Waals surface area contributed by atoms with Gasteiger partial charge in [-0.3, -0.25) is 4.98 Å². The Bertz CT molecular complexity index is 953. The Hall–Kier alpha value is -3.68. The smallest absolute Gasteiger partial charge is 0.223 e. The second-order valence-corrected chi connectivity index (χ2v) is 5.20. The quantitative estimate of drug-likeness (QED) is 0.599. The molecule has 0 aliphatic carbocycles. The molecule has 0 radical (unpaired) electrons. The van der Waals surface area contributed by atoms with Crippen LogP contribution >= 0.6 is 0 Å². The van der Waals surface area contributed by atoms with E-state index in [4.69, 9.17) is 0 Å². The van der Waals surface area contributed by atoms with E-state index in [2.05, 4.69) is 35.8 Å². The summed E-state index contributed by atoms with van der Waals surface area (Å²) in [5.41, 5.74) is 2.70. The van der Waals surface area contributed by atoms with E-state index in [1.807, 2.05) is 48.5 Å². The van der Waals surface area contributed by atoms with Crippen LogP contribution in [-0.2, 0) is 6.54 Å². The third-order valence-corrected chi connectivity index (χ3v) is 3.57. The van der Waals surface area contributed by atoms with Gasteiger partial charge in [-0.2, -0.15) is 4.68 Å². The molecule has 0 unspecified atom stereocenters. The molecule has 3 aromatic heterocycles. The molecule has 1 N–H and O–H groups in total. The molecule has 0 atom stereocenters. The molecule has 0 bridgehead atoms. The molecule has 0 aliphatic heterocycles. The maximum absolute atomic E-state index is 4.52. The van der Waals surface area contributed by atoms with Gasteiger partial charge in [-0.1, -0.05) is 18.2 Å². The molecule has 0 saturated heterocycles. The maximum atomic E-state index is 4.52. The van der Waals surface area contributed by atoms with E-state index in [9.17, 15) is 0 Å². The normalized spacial score (nSPS) is 10.6. The first-order valence-corrected chi connectivity index (χ1v) is 7.70. The third kappa shape index (κ3) is 3.32. The summed E-state index contributed by atoms with van der Waals surface area (Å²) in [7, 11) is 0. The maximum Gasteiger partial charge on any atom is 0.223 e. The number of para-hydroxylation sites is 1. The average molecular weight is 330 g/mol. The van der Waals surface area contributed by atoms with Crippen LogP contribution in [0.2, 0.25) is 0 Å². The van der Waals surface area contributed by atoms with Crippen molar-refractivity contribution in [1.29, 1.82) is 0 Å². The molecule has 25 heavy (non-hydrogen) atoms. The van der Waals surface area contributed by atoms with E-state index in [0.29, 0.717) is 18.3 Å². The summed E-state index contributed by atoms with van der Waals surface area (Å²) in [4.78, 5) is 12.8. The lowest BCUT2D eigenvalue weighted by molar-refractivity contribution is 0.767. The van der Waals surface area contributed by atoms with Crippen molar-refractivity contribution in [2.75, 3.05) is 5.32 Å². The third-order valence-electron chi connectivity index (χ3n) is 3.57. The first-order valence-electron chi connectivity index (χ1n) is 7.70. The summed E-state index contributed by atoms with van der Waals surface area (Å²) in [5.74, 6) is 1.18. The molecular formula is C17H14N8. The van der Waals surface area contributed by atoms with Gasteiger partial charge in [-0.15, -0.1) is 5.10 Å². The minimum Gasteiger partial charge on any atom is -0.347 e. The van der Waals surface area contributed by atoms with Gasteiger partial charge in [0.25, 0.3) is 0 Å². The minimum atomic E-state index is 0.404. The van der Waals surface area contributed by atoms with Gasteiger partial charge >= 0.3 is 0 Å². The zero-order valence-corrected chi connectivity index (χ0v) is 13.2. The van der Waals surface area contributed by atoms with Crippen molar-refractivity contribution in [3.63, 3.8) is 0 Å². The average Bonchev–Trinajstić information content (AvgIpc) is 3.17. The number of benzene rings is 1. The van der Waals surface area contributed by atoms with E-state index in [1.165, 1.54) is 0 Å². The number of pyridine rings is 1. The number of rotatable bonds is 5. The fourth-order valence-electron chi connectivity index (χ4n) is 2.37. The Morgan fingerprint density at radius 2 is 1.76 bits per heavy atom. The number of hydrogen-bond acceptors (Lipinski definition) is 7. The molecule has 8 heteroatoms. The Morgan fingerprint density at radius 3 is 2.60 bits per heavy atom. The highest BCUT2D eigenvalue weighted by molar-refractivity contribution is 5.58. The topological polar surface area (TPSA) is 94.3 Å². The van der Waals surface area contributed by atoms with Gasteiger partial charge in [-0.25, -0.2) is 9.97 Å². The van der Waals surface area contributed by atoms with Crippen LogP contribution in [0.15, 0.2) is 67.1 Å². The number of tetrazole rings is 1. The number of anilines is 1. The Balaban J connectivity index is 1.53. The van der Waals surface area contributed by atoms with Crippen LogP contribution in [0.3, 0.4) is 0 Å². The fourth-order valence-corrected chi connectivity index (χ4v) is 2.37. The van der Waals surface area contributed by atoms with Crippen molar-refractivity contribution in [3.05, 3.63) is 72.9 Å². The first-order chi connectivity index (χ1) is 12.4. The summed E-state index contributed by atoms with van der Waals surface area (Å²) >= 11 is 0. The van der Waals surface area contributed by atoms with E-state index in [0.717, 1.165) is 16.9 Å². The molecule has 1 aromatic carbocycles. The van der Waals surface area contributed by atoms with Crippen LogP contribution in [0.4, 0.5) is 5.95 Å². The number of hydrogen-bond donors (Lipinski definition) is 1. The molecule has 0 fully saturated rings. The summed E-state index contributed by atoms with van der Waals surface area (Å²) in [6.07, 6.45) is 5.18. The highest BCUT2D eigenvalue weighted by atomic mass is 15.5. The van der Waals surface area contributed by atoms with Crippen LogP contribution in [0.5, 0.6) is 0 Å². The van der Waals surface area contributed by atoms with Gasteiger partial charge in [0.05, 0.1) is 17.9 Å². The zero-order chi connectivity index (χ0) is 16.9. The Labute approximate surface area is 143 Å². The van der Waals surface area contributed by atoms with Gasteiger partial charge in [0.15, 0.2) is 5.82 Å². The van der Waals surface area contributed by atoms with Crippen LogP contribution in [0, 0.1) is 0 Å². The lowest BCUT2D eigenvalue weighted by Gasteiger charge is -2.07. The number of aromatic nitrogens is 7. The molecule has 4 rings (SSSR count). The first kappa shape index (κ1) is 14.9. The van der Waals surface area contributed by atoms with Gasteiger partial charge in [0.1, 0.15) is 0 Å². The molecule has 0 saturated carbocycles. The van der Waals surface area contributed by atoms with Gasteiger partial charge in [0.2, 0.25) is 5.95 Å². The van der Waals surface area contributed by atoms with Crippen molar-refractivity contribution in [1.82, 2.24) is 35.2 Å². The minimum absolute atomic E-state index is 0.404. The predicted molar refractivity (Wildman–Crippen MR) is 91.7 cm³/mol. The molecule has 122 valence electrons. The highest BCUT2D eigenvalue weighted by Crippen LogP contribution is 2.16. The van der Waals surface area contributed by atoms with E-state index in [-0.39, 0.29) is 0 Å². The molecule has 8 nitrogen and oxygen atoms in total. The predicted octanol–water partition coefficient (Wildman–Crippen LogP) is 2.13. The van der Waals surface area contributed by atoms with Gasteiger partial charge in [0, 0.05) is 24.2 Å². The molecule has 0 spiro atoms. The molecule has 0 aliphatic rings. The lowest BCUT2D eigenvalue weighted by Crippen LogP contribution is -2.10. The molecular weight excluding hydrogens is 316 g/mol. The second-order valence-electron chi connectivity index (χ2n) is 5.20. The Kier molecular flexibility index (Phi) is 4.07. The van der Waals surface area contributed by atoms with Crippen molar-refractivity contribution < 1.29 is 0 Å². The SMILES string of the molecule is c1ccc(-n2nnnc2CNc2nccc(-c3ccncc3)n2)cc1. The Morgan fingerprint density at radius 1 is 0.920 bits per heavy atom. The van der Waals surface area contributed by atoms with Crippen molar-refractivity contribution in [2.45, 2.75) is 6.54 Å². The van der Waals surface area contributed by atoms with Crippen LogP contribution in [0.1, 0.15) is 5.82 Å². The van der Waals surface area contributed by atoms with E-state index in [1.54, 1.807) is 23.3 Å². The monoisotopic (exact) mass is 330 g/mol. The lowest BCUT2D eigenvalue weighted by atomic mass is 10.2. The van der Waals surface area contributed by atoms with Crippen LogP contribution in [0.25, 0.3) is 16.9 Å². The molecule has 3 heterocycles. The fraction of sp³-hybridized carbons (Fsp3) is 0.0588. The van der Waals surface area contributed by atoms with Crippen molar-refractivity contribution >= 4 is 5.95 Å².